The van der Waals surface area contributed by atoms with Crippen molar-refractivity contribution in [2.45, 2.75) is 20.4 Å². The minimum atomic E-state index is -0.0396. The number of methoxy groups -OCH3 is 1. The zero-order valence-corrected chi connectivity index (χ0v) is 12.7. The lowest BCUT2D eigenvalue weighted by atomic mass is 10.2. The Morgan fingerprint density at radius 1 is 1.29 bits per heavy atom. The molecule has 5 nitrogen and oxygen atoms in total. The highest BCUT2D eigenvalue weighted by Crippen LogP contribution is 2.13. The fourth-order valence-electron chi connectivity index (χ4n) is 2.13. The van der Waals surface area contributed by atoms with E-state index in [1.807, 2.05) is 42.8 Å². The molecule has 0 aliphatic heterocycles. The molecule has 0 fully saturated rings. The van der Waals surface area contributed by atoms with Gasteiger partial charge in [-0.1, -0.05) is 18.2 Å². The van der Waals surface area contributed by atoms with Crippen LogP contribution in [0.3, 0.4) is 0 Å². The number of nitrogens with zero attached hydrogens (tertiary/aromatic N) is 2. The average molecular weight is 287 g/mol. The fourth-order valence-corrected chi connectivity index (χ4v) is 2.13. The fraction of sp³-hybridized carbons (Fsp3) is 0.375. The highest BCUT2D eigenvalue weighted by atomic mass is 16.5. The number of nitrogens with one attached hydrogen (secondary N) is 1. The average Bonchev–Trinajstić information content (AvgIpc) is 2.46. The van der Waals surface area contributed by atoms with Crippen LogP contribution in [0.15, 0.2) is 35.1 Å². The maximum absolute atomic E-state index is 12.0. The molecule has 21 heavy (non-hydrogen) atoms. The molecule has 0 aliphatic rings. The molecule has 1 aromatic heterocycles. The molecule has 0 radical (unpaired) electrons. The first-order chi connectivity index (χ1) is 10.1. The van der Waals surface area contributed by atoms with Gasteiger partial charge in [0.05, 0.1) is 12.3 Å². The number of aryl methyl sites for hydroxylation is 2. The Morgan fingerprint density at radius 2 is 2.05 bits per heavy atom. The van der Waals surface area contributed by atoms with Gasteiger partial charge in [0.1, 0.15) is 5.69 Å². The summed E-state index contributed by atoms with van der Waals surface area (Å²) in [5.74, 6) is 0. The lowest BCUT2D eigenvalue weighted by Crippen LogP contribution is -2.26. The van der Waals surface area contributed by atoms with Gasteiger partial charge in [0.15, 0.2) is 0 Å². The van der Waals surface area contributed by atoms with Crippen molar-refractivity contribution in [3.05, 3.63) is 57.5 Å². The Labute approximate surface area is 124 Å². The van der Waals surface area contributed by atoms with E-state index in [0.717, 1.165) is 16.9 Å². The van der Waals surface area contributed by atoms with Crippen molar-refractivity contribution in [3.8, 4) is 5.69 Å². The van der Waals surface area contributed by atoms with E-state index in [1.54, 1.807) is 13.2 Å². The van der Waals surface area contributed by atoms with Crippen molar-refractivity contribution in [3.63, 3.8) is 0 Å². The molecular weight excluding hydrogens is 266 g/mol. The molecule has 2 aromatic rings. The molecule has 0 amide bonds. The second kappa shape index (κ2) is 7.15. The molecule has 1 N–H and O–H groups in total. The lowest BCUT2D eigenvalue weighted by molar-refractivity contribution is 0.199. The van der Waals surface area contributed by atoms with Crippen LogP contribution in [0.2, 0.25) is 0 Å². The molecule has 0 spiro atoms. The van der Waals surface area contributed by atoms with Crippen LogP contribution in [-0.4, -0.2) is 30.0 Å². The van der Waals surface area contributed by atoms with E-state index in [0.29, 0.717) is 25.4 Å². The first kappa shape index (κ1) is 15.4. The van der Waals surface area contributed by atoms with Gasteiger partial charge in [-0.15, -0.1) is 0 Å². The third kappa shape index (κ3) is 3.77. The summed E-state index contributed by atoms with van der Waals surface area (Å²) in [7, 11) is 1.65. The number of rotatable bonds is 6. The zero-order valence-electron chi connectivity index (χ0n) is 12.7. The van der Waals surface area contributed by atoms with Crippen molar-refractivity contribution in [1.29, 1.82) is 0 Å². The Kier molecular flexibility index (Phi) is 5.25. The molecule has 2 rings (SSSR count). The van der Waals surface area contributed by atoms with E-state index in [1.165, 1.54) is 0 Å². The first-order valence-electron chi connectivity index (χ1n) is 6.99. The van der Waals surface area contributed by atoms with E-state index in [-0.39, 0.29) is 5.43 Å². The maximum atomic E-state index is 12.0. The van der Waals surface area contributed by atoms with Gasteiger partial charge in [0, 0.05) is 32.0 Å². The minimum absolute atomic E-state index is 0.0396. The molecule has 112 valence electrons. The van der Waals surface area contributed by atoms with Gasteiger partial charge < -0.3 is 10.1 Å². The van der Waals surface area contributed by atoms with E-state index in [4.69, 9.17) is 4.74 Å². The molecular formula is C16H21N3O2. The molecule has 0 aliphatic carbocycles. The quantitative estimate of drug-likeness (QED) is 0.820. The summed E-state index contributed by atoms with van der Waals surface area (Å²) >= 11 is 0. The molecule has 1 heterocycles. The van der Waals surface area contributed by atoms with Crippen molar-refractivity contribution in [2.24, 2.45) is 0 Å². The van der Waals surface area contributed by atoms with E-state index < -0.39 is 0 Å². The summed E-state index contributed by atoms with van der Waals surface area (Å²) < 4.78 is 6.80. The Balaban J connectivity index is 2.31. The van der Waals surface area contributed by atoms with E-state index >= 15 is 0 Å². The lowest BCUT2D eigenvalue weighted by Gasteiger charge is -2.13. The smallest absolute Gasteiger partial charge is 0.204 e. The summed E-state index contributed by atoms with van der Waals surface area (Å²) in [6.07, 6.45) is 0. The number of aromatic nitrogens is 2. The van der Waals surface area contributed by atoms with Gasteiger partial charge >= 0.3 is 0 Å². The number of ether oxygens (including phenoxy) is 1. The second-order valence-electron chi connectivity index (χ2n) is 4.96. The van der Waals surface area contributed by atoms with Crippen LogP contribution in [0, 0.1) is 13.8 Å². The normalized spacial score (nSPS) is 10.8. The third-order valence-electron chi connectivity index (χ3n) is 3.30. The highest BCUT2D eigenvalue weighted by molar-refractivity contribution is 5.40. The maximum Gasteiger partial charge on any atom is 0.204 e. The van der Waals surface area contributed by atoms with Crippen LogP contribution in [0.1, 0.15) is 17.0 Å². The number of hydrogen-bond acceptors (Lipinski definition) is 4. The first-order valence-corrected chi connectivity index (χ1v) is 6.99. The molecule has 0 atom stereocenters. The third-order valence-corrected chi connectivity index (χ3v) is 3.30. The topological polar surface area (TPSA) is 56.1 Å². The standard InChI is InChI=1S/C16H21N3O2/c1-12-6-4-5-7-15(12)19-13(2)10-16(20)14(18-19)11-17-8-9-21-3/h4-7,10,17H,8-9,11H2,1-3H3. The predicted molar refractivity (Wildman–Crippen MR) is 82.9 cm³/mol. The molecule has 1 aromatic carbocycles. The number of para-hydroxylation sites is 1. The zero-order chi connectivity index (χ0) is 15.2. The van der Waals surface area contributed by atoms with Crippen LogP contribution >= 0.6 is 0 Å². The highest BCUT2D eigenvalue weighted by Gasteiger charge is 2.08. The largest absolute Gasteiger partial charge is 0.383 e. The Bertz CT molecular complexity index is 665. The molecule has 0 bridgehead atoms. The van der Waals surface area contributed by atoms with Crippen LogP contribution < -0.4 is 10.7 Å². The van der Waals surface area contributed by atoms with Crippen molar-refractivity contribution < 1.29 is 4.74 Å². The van der Waals surface area contributed by atoms with E-state index in [2.05, 4.69) is 10.4 Å². The van der Waals surface area contributed by atoms with Crippen LogP contribution in [0.4, 0.5) is 0 Å². The SMILES string of the molecule is COCCNCc1nn(-c2ccccc2C)c(C)cc1=O. The van der Waals surface area contributed by atoms with Gasteiger partial charge in [-0.3, -0.25) is 4.79 Å². The predicted octanol–water partition coefficient (Wildman–Crippen LogP) is 1.59. The molecule has 5 heteroatoms. The van der Waals surface area contributed by atoms with Gasteiger partial charge in [-0.25, -0.2) is 4.68 Å². The van der Waals surface area contributed by atoms with Gasteiger partial charge in [-0.05, 0) is 25.5 Å². The second-order valence-corrected chi connectivity index (χ2v) is 4.96. The number of benzene rings is 1. The summed E-state index contributed by atoms with van der Waals surface area (Å²) in [4.78, 5) is 12.0. The Morgan fingerprint density at radius 3 is 2.76 bits per heavy atom. The van der Waals surface area contributed by atoms with Gasteiger partial charge in [0.25, 0.3) is 0 Å². The number of hydrogen-bond donors (Lipinski definition) is 1. The summed E-state index contributed by atoms with van der Waals surface area (Å²) in [6.45, 7) is 5.66. The summed E-state index contributed by atoms with van der Waals surface area (Å²) in [5.41, 5.74) is 3.42. The van der Waals surface area contributed by atoms with Crippen LogP contribution in [0.25, 0.3) is 5.69 Å². The van der Waals surface area contributed by atoms with Crippen LogP contribution in [0.5, 0.6) is 0 Å². The molecule has 0 saturated heterocycles. The van der Waals surface area contributed by atoms with E-state index in [9.17, 15) is 4.79 Å². The summed E-state index contributed by atoms with van der Waals surface area (Å²) in [5, 5.41) is 7.66. The Hall–Kier alpha value is -1.98. The minimum Gasteiger partial charge on any atom is -0.383 e. The van der Waals surface area contributed by atoms with Crippen LogP contribution in [-0.2, 0) is 11.3 Å². The molecule has 0 unspecified atom stereocenters. The monoisotopic (exact) mass is 287 g/mol. The summed E-state index contributed by atoms with van der Waals surface area (Å²) in [6, 6.07) is 9.63. The van der Waals surface area contributed by atoms with Crippen molar-refractivity contribution >= 4 is 0 Å². The van der Waals surface area contributed by atoms with Gasteiger partial charge in [-0.2, -0.15) is 5.10 Å². The molecule has 0 saturated carbocycles. The van der Waals surface area contributed by atoms with Crippen molar-refractivity contribution in [2.75, 3.05) is 20.3 Å². The van der Waals surface area contributed by atoms with Gasteiger partial charge in [0.2, 0.25) is 5.43 Å². The van der Waals surface area contributed by atoms with Crippen molar-refractivity contribution in [1.82, 2.24) is 15.1 Å².